The summed E-state index contributed by atoms with van der Waals surface area (Å²) in [7, 11) is 0. The van der Waals surface area contributed by atoms with Crippen LogP contribution in [0.2, 0.25) is 0 Å². The molecule has 1 heterocycles. The summed E-state index contributed by atoms with van der Waals surface area (Å²) in [5.41, 5.74) is 1.56. The molecule has 3 rings (SSSR count). The molecule has 0 amide bonds. The Morgan fingerprint density at radius 2 is 1.76 bits per heavy atom. The van der Waals surface area contributed by atoms with Gasteiger partial charge in [0.05, 0.1) is 0 Å². The van der Waals surface area contributed by atoms with Crippen molar-refractivity contribution in [2.75, 3.05) is 19.6 Å². The minimum Gasteiger partial charge on any atom is -0.315 e. The van der Waals surface area contributed by atoms with Crippen LogP contribution in [0, 0.1) is 0 Å². The summed E-state index contributed by atoms with van der Waals surface area (Å²) in [5.74, 6) is 0.799. The van der Waals surface area contributed by atoms with Gasteiger partial charge in [-0.3, -0.25) is 4.90 Å². The lowest BCUT2D eigenvalue weighted by molar-refractivity contribution is 0.107. The lowest BCUT2D eigenvalue weighted by atomic mass is 9.81. The van der Waals surface area contributed by atoms with Crippen LogP contribution in [0.4, 0.5) is 0 Å². The molecule has 0 spiro atoms. The first-order chi connectivity index (χ1) is 10.4. The van der Waals surface area contributed by atoms with Crippen molar-refractivity contribution in [3.63, 3.8) is 0 Å². The van der Waals surface area contributed by atoms with E-state index >= 15 is 0 Å². The van der Waals surface area contributed by atoms with E-state index in [0.29, 0.717) is 0 Å². The van der Waals surface area contributed by atoms with Crippen molar-refractivity contribution in [3.8, 4) is 0 Å². The van der Waals surface area contributed by atoms with Crippen molar-refractivity contribution in [2.45, 2.75) is 63.5 Å². The first-order valence-corrected chi connectivity index (χ1v) is 8.90. The molecule has 21 heavy (non-hydrogen) atoms. The average molecular weight is 286 g/mol. The van der Waals surface area contributed by atoms with E-state index in [-0.39, 0.29) is 0 Å². The van der Waals surface area contributed by atoms with Crippen molar-refractivity contribution in [1.82, 2.24) is 10.2 Å². The maximum absolute atomic E-state index is 3.54. The molecule has 2 heteroatoms. The van der Waals surface area contributed by atoms with Crippen molar-refractivity contribution >= 4 is 0 Å². The van der Waals surface area contributed by atoms with Crippen molar-refractivity contribution in [3.05, 3.63) is 35.9 Å². The SMILES string of the molecule is CCCN(C1CCC(c2ccccc2)CC1)C1CCNC1. The van der Waals surface area contributed by atoms with Crippen LogP contribution >= 0.6 is 0 Å². The molecule has 1 atom stereocenters. The first kappa shape index (κ1) is 15.1. The Kier molecular flexibility index (Phi) is 5.32. The fourth-order valence-corrected chi connectivity index (χ4v) is 4.31. The largest absolute Gasteiger partial charge is 0.315 e. The van der Waals surface area contributed by atoms with Gasteiger partial charge in [-0.15, -0.1) is 0 Å². The lowest BCUT2D eigenvalue weighted by Crippen LogP contribution is -2.46. The van der Waals surface area contributed by atoms with Gasteiger partial charge in [-0.05, 0) is 63.1 Å². The number of hydrogen-bond donors (Lipinski definition) is 1. The van der Waals surface area contributed by atoms with Gasteiger partial charge in [-0.25, -0.2) is 0 Å². The molecule has 1 aliphatic carbocycles. The van der Waals surface area contributed by atoms with E-state index in [0.717, 1.165) is 18.0 Å². The predicted molar refractivity (Wildman–Crippen MR) is 89.7 cm³/mol. The standard InChI is InChI=1S/C19H30N2/c1-2-14-21(19-12-13-20-15-19)18-10-8-17(9-11-18)16-6-4-3-5-7-16/h3-7,17-20H,2,8-15H2,1H3. The van der Waals surface area contributed by atoms with Crippen molar-refractivity contribution < 1.29 is 0 Å². The third kappa shape index (κ3) is 3.67. The molecule has 116 valence electrons. The van der Waals surface area contributed by atoms with Gasteiger partial charge in [0.25, 0.3) is 0 Å². The van der Waals surface area contributed by atoms with Gasteiger partial charge in [0.15, 0.2) is 0 Å². The second-order valence-electron chi connectivity index (χ2n) is 6.80. The minimum absolute atomic E-state index is 0.795. The number of nitrogens with one attached hydrogen (secondary N) is 1. The Balaban J connectivity index is 1.58. The van der Waals surface area contributed by atoms with Gasteiger partial charge in [0.2, 0.25) is 0 Å². The van der Waals surface area contributed by atoms with E-state index in [1.165, 1.54) is 58.2 Å². The summed E-state index contributed by atoms with van der Waals surface area (Å²) in [5, 5.41) is 3.54. The number of rotatable bonds is 5. The van der Waals surface area contributed by atoms with E-state index in [2.05, 4.69) is 47.5 Å². The molecule has 1 unspecified atom stereocenters. The van der Waals surface area contributed by atoms with E-state index in [1.807, 2.05) is 0 Å². The summed E-state index contributed by atoms with van der Waals surface area (Å²) < 4.78 is 0. The highest BCUT2D eigenvalue weighted by atomic mass is 15.2. The third-order valence-electron chi connectivity index (χ3n) is 5.42. The van der Waals surface area contributed by atoms with Crippen LogP contribution in [0.15, 0.2) is 30.3 Å². The van der Waals surface area contributed by atoms with Crippen LogP contribution in [0.3, 0.4) is 0 Å². The summed E-state index contributed by atoms with van der Waals surface area (Å²) in [6.07, 6.45) is 8.14. The molecular formula is C19H30N2. The van der Waals surface area contributed by atoms with Crippen LogP contribution < -0.4 is 5.32 Å². The van der Waals surface area contributed by atoms with E-state index in [9.17, 15) is 0 Å². The Hall–Kier alpha value is -0.860. The Bertz CT molecular complexity index is 403. The van der Waals surface area contributed by atoms with Gasteiger partial charge in [0, 0.05) is 18.6 Å². The van der Waals surface area contributed by atoms with Crippen LogP contribution in [0.25, 0.3) is 0 Å². The molecule has 1 N–H and O–H groups in total. The zero-order chi connectivity index (χ0) is 14.5. The molecule has 1 aromatic rings. The quantitative estimate of drug-likeness (QED) is 0.886. The van der Waals surface area contributed by atoms with Crippen LogP contribution in [-0.2, 0) is 0 Å². The molecule has 1 aromatic carbocycles. The van der Waals surface area contributed by atoms with Gasteiger partial charge in [-0.2, -0.15) is 0 Å². The van der Waals surface area contributed by atoms with Gasteiger partial charge < -0.3 is 5.32 Å². The first-order valence-electron chi connectivity index (χ1n) is 8.90. The van der Waals surface area contributed by atoms with Gasteiger partial charge in [-0.1, -0.05) is 37.3 Å². The van der Waals surface area contributed by atoms with Crippen molar-refractivity contribution in [2.24, 2.45) is 0 Å². The maximum atomic E-state index is 3.54. The van der Waals surface area contributed by atoms with Crippen LogP contribution in [0.5, 0.6) is 0 Å². The summed E-state index contributed by atoms with van der Waals surface area (Å²) >= 11 is 0. The molecule has 1 saturated heterocycles. The molecule has 2 aliphatic rings. The Labute approximate surface area is 129 Å². The van der Waals surface area contributed by atoms with Crippen LogP contribution in [0.1, 0.15) is 56.9 Å². The van der Waals surface area contributed by atoms with Gasteiger partial charge >= 0.3 is 0 Å². The second-order valence-corrected chi connectivity index (χ2v) is 6.80. The second kappa shape index (κ2) is 7.42. The lowest BCUT2D eigenvalue weighted by Gasteiger charge is -2.40. The summed E-state index contributed by atoms with van der Waals surface area (Å²) in [6.45, 7) is 6.03. The fraction of sp³-hybridized carbons (Fsp3) is 0.684. The van der Waals surface area contributed by atoms with E-state index in [4.69, 9.17) is 0 Å². The molecular weight excluding hydrogens is 256 g/mol. The highest BCUT2D eigenvalue weighted by Gasteiger charge is 2.31. The Morgan fingerprint density at radius 3 is 2.38 bits per heavy atom. The van der Waals surface area contributed by atoms with Crippen molar-refractivity contribution in [1.29, 1.82) is 0 Å². The molecule has 0 bridgehead atoms. The highest BCUT2D eigenvalue weighted by molar-refractivity contribution is 5.20. The average Bonchev–Trinajstić information content (AvgIpc) is 3.08. The number of benzene rings is 1. The monoisotopic (exact) mass is 286 g/mol. The normalized spacial score (nSPS) is 29.9. The van der Waals surface area contributed by atoms with Crippen LogP contribution in [-0.4, -0.2) is 36.6 Å². The Morgan fingerprint density at radius 1 is 1.00 bits per heavy atom. The zero-order valence-electron chi connectivity index (χ0n) is 13.4. The highest BCUT2D eigenvalue weighted by Crippen LogP contribution is 2.35. The molecule has 0 aromatic heterocycles. The van der Waals surface area contributed by atoms with E-state index < -0.39 is 0 Å². The third-order valence-corrected chi connectivity index (χ3v) is 5.42. The number of nitrogens with zero attached hydrogens (tertiary/aromatic N) is 1. The molecule has 0 radical (unpaired) electrons. The fourth-order valence-electron chi connectivity index (χ4n) is 4.31. The predicted octanol–water partition coefficient (Wildman–Crippen LogP) is 3.79. The summed E-state index contributed by atoms with van der Waals surface area (Å²) in [4.78, 5) is 2.83. The van der Waals surface area contributed by atoms with E-state index in [1.54, 1.807) is 5.56 Å². The maximum Gasteiger partial charge on any atom is 0.0235 e. The summed E-state index contributed by atoms with van der Waals surface area (Å²) in [6, 6.07) is 12.8. The zero-order valence-corrected chi connectivity index (χ0v) is 13.4. The number of hydrogen-bond acceptors (Lipinski definition) is 2. The topological polar surface area (TPSA) is 15.3 Å². The molecule has 1 saturated carbocycles. The van der Waals surface area contributed by atoms with Gasteiger partial charge in [0.1, 0.15) is 0 Å². The smallest absolute Gasteiger partial charge is 0.0235 e. The minimum atomic E-state index is 0.795. The molecule has 2 fully saturated rings. The molecule has 1 aliphatic heterocycles. The molecule has 2 nitrogen and oxygen atoms in total.